The van der Waals surface area contributed by atoms with Crippen molar-refractivity contribution < 1.29 is 19.4 Å². The molecule has 0 aliphatic rings. The van der Waals surface area contributed by atoms with Crippen molar-refractivity contribution in [3.8, 4) is 17.7 Å². The largest absolute Gasteiger partial charge is 0.465 e. The highest BCUT2D eigenvalue weighted by atomic mass is 16.5. The number of nitriles is 1. The molecule has 0 aliphatic carbocycles. The van der Waals surface area contributed by atoms with E-state index in [2.05, 4.69) is 26.8 Å². The second kappa shape index (κ2) is 8.91. The molecule has 170 valence electrons. The first-order valence-electron chi connectivity index (χ1n) is 10.2. The normalized spacial score (nSPS) is 11.0. The number of carbonyl (C=O) groups is 2. The van der Waals surface area contributed by atoms with Crippen molar-refractivity contribution in [1.29, 1.82) is 5.26 Å². The number of amides is 2. The van der Waals surface area contributed by atoms with E-state index in [1.54, 1.807) is 68.4 Å². The van der Waals surface area contributed by atoms with Crippen LogP contribution in [0, 0.1) is 11.3 Å². The lowest BCUT2D eigenvalue weighted by Crippen LogP contribution is -2.17. The minimum absolute atomic E-state index is 0.143. The van der Waals surface area contributed by atoms with Gasteiger partial charge in [0.05, 0.1) is 17.7 Å². The van der Waals surface area contributed by atoms with Crippen LogP contribution in [0.4, 0.5) is 16.3 Å². The molecule has 0 radical (unpaired) electrons. The fourth-order valence-electron chi connectivity index (χ4n) is 3.16. The fraction of sp³-hybridized carbons (Fsp3) is 0.125. The molecule has 4 rings (SSSR count). The number of imidazole rings is 1. The summed E-state index contributed by atoms with van der Waals surface area (Å²) in [6.07, 6.45) is 0.202. The zero-order chi connectivity index (χ0) is 24.3. The van der Waals surface area contributed by atoms with Crippen molar-refractivity contribution in [3.05, 3.63) is 78.0 Å². The smallest absolute Gasteiger partial charge is 0.410 e. The van der Waals surface area contributed by atoms with Gasteiger partial charge in [0.15, 0.2) is 11.5 Å². The summed E-state index contributed by atoms with van der Waals surface area (Å²) >= 11 is 0. The van der Waals surface area contributed by atoms with Crippen LogP contribution >= 0.6 is 0 Å². The van der Waals surface area contributed by atoms with Crippen LogP contribution < -0.4 is 15.4 Å². The van der Waals surface area contributed by atoms with Gasteiger partial charge in [0.2, 0.25) is 5.88 Å². The summed E-state index contributed by atoms with van der Waals surface area (Å²) in [7, 11) is 0. The lowest BCUT2D eigenvalue weighted by Gasteiger charge is -2.16. The molecule has 0 bridgehead atoms. The molecule has 34 heavy (non-hydrogen) atoms. The van der Waals surface area contributed by atoms with Crippen LogP contribution in [-0.2, 0) is 5.41 Å². The van der Waals surface area contributed by atoms with Gasteiger partial charge < -0.3 is 15.2 Å². The third-order valence-electron chi connectivity index (χ3n) is 4.97. The van der Waals surface area contributed by atoms with E-state index in [0.29, 0.717) is 22.6 Å². The Balaban J connectivity index is 1.49. The first-order valence-corrected chi connectivity index (χ1v) is 10.2. The molecule has 0 unspecified atom stereocenters. The SMILES string of the molecule is CC(C)(C#N)c1cccc(C(=O)Nc2cccc(Oc3ccc4nc(NC(=O)O)cn4n3)c2)c1. The molecule has 2 heterocycles. The molecule has 0 saturated carbocycles. The van der Waals surface area contributed by atoms with Crippen LogP contribution in [0.2, 0.25) is 0 Å². The Bertz CT molecular complexity index is 1440. The third-order valence-corrected chi connectivity index (χ3v) is 4.97. The van der Waals surface area contributed by atoms with Gasteiger partial charge in [0.1, 0.15) is 5.75 Å². The number of anilines is 2. The lowest BCUT2D eigenvalue weighted by molar-refractivity contribution is 0.102. The average Bonchev–Trinajstić information content (AvgIpc) is 3.20. The first kappa shape index (κ1) is 22.3. The van der Waals surface area contributed by atoms with Gasteiger partial charge in [-0.25, -0.2) is 14.3 Å². The number of carbonyl (C=O) groups excluding carboxylic acids is 1. The molecular formula is C24H20N6O4. The van der Waals surface area contributed by atoms with E-state index in [1.807, 2.05) is 6.07 Å². The maximum atomic E-state index is 12.8. The fourth-order valence-corrected chi connectivity index (χ4v) is 3.16. The summed E-state index contributed by atoms with van der Waals surface area (Å²) in [6, 6.07) is 19.2. The van der Waals surface area contributed by atoms with Gasteiger partial charge in [0, 0.05) is 23.4 Å². The molecule has 10 heteroatoms. The average molecular weight is 456 g/mol. The zero-order valence-corrected chi connectivity index (χ0v) is 18.3. The number of benzene rings is 2. The molecule has 2 aromatic heterocycles. The van der Waals surface area contributed by atoms with Crippen molar-refractivity contribution in [1.82, 2.24) is 14.6 Å². The minimum atomic E-state index is -1.22. The second-order valence-electron chi connectivity index (χ2n) is 7.93. The Labute approximate surface area is 194 Å². The Kier molecular flexibility index (Phi) is 5.84. The number of aromatic nitrogens is 3. The van der Waals surface area contributed by atoms with E-state index in [9.17, 15) is 14.9 Å². The van der Waals surface area contributed by atoms with Crippen molar-refractivity contribution in [2.75, 3.05) is 10.6 Å². The Morgan fingerprint density at radius 2 is 1.88 bits per heavy atom. The summed E-state index contributed by atoms with van der Waals surface area (Å²) in [5.74, 6) is 0.517. The van der Waals surface area contributed by atoms with E-state index < -0.39 is 11.5 Å². The molecule has 2 amide bonds. The van der Waals surface area contributed by atoms with Crippen molar-refractivity contribution in [2.45, 2.75) is 19.3 Å². The maximum Gasteiger partial charge on any atom is 0.410 e. The van der Waals surface area contributed by atoms with Crippen molar-refractivity contribution in [2.24, 2.45) is 0 Å². The van der Waals surface area contributed by atoms with Gasteiger partial charge in [-0.15, -0.1) is 5.10 Å². The van der Waals surface area contributed by atoms with E-state index >= 15 is 0 Å². The van der Waals surface area contributed by atoms with Crippen LogP contribution in [0.3, 0.4) is 0 Å². The summed E-state index contributed by atoms with van der Waals surface area (Å²) in [5, 5.41) is 27.4. The van der Waals surface area contributed by atoms with Gasteiger partial charge in [-0.1, -0.05) is 18.2 Å². The van der Waals surface area contributed by atoms with Crippen LogP contribution in [0.1, 0.15) is 29.8 Å². The quantitative estimate of drug-likeness (QED) is 0.383. The van der Waals surface area contributed by atoms with Crippen LogP contribution in [-0.4, -0.2) is 31.7 Å². The maximum absolute atomic E-state index is 12.8. The number of ether oxygens (including phenoxy) is 1. The number of nitrogens with zero attached hydrogens (tertiary/aromatic N) is 4. The van der Waals surface area contributed by atoms with E-state index in [4.69, 9.17) is 9.84 Å². The summed E-state index contributed by atoms with van der Waals surface area (Å²) in [5.41, 5.74) is 1.44. The predicted molar refractivity (Wildman–Crippen MR) is 124 cm³/mol. The highest BCUT2D eigenvalue weighted by Gasteiger charge is 2.21. The number of hydrogen-bond acceptors (Lipinski definition) is 6. The Hall–Kier alpha value is -4.91. The van der Waals surface area contributed by atoms with Crippen molar-refractivity contribution >= 4 is 29.2 Å². The zero-order valence-electron chi connectivity index (χ0n) is 18.3. The molecule has 10 nitrogen and oxygen atoms in total. The molecule has 4 aromatic rings. The summed E-state index contributed by atoms with van der Waals surface area (Å²) in [4.78, 5) is 27.6. The molecule has 0 atom stereocenters. The second-order valence-corrected chi connectivity index (χ2v) is 7.93. The Morgan fingerprint density at radius 3 is 2.65 bits per heavy atom. The number of carboxylic acid groups (broad SMARTS) is 1. The molecule has 0 aliphatic heterocycles. The number of rotatable bonds is 6. The standard InChI is InChI=1S/C24H20N6O4/c1-24(2,14-25)16-6-3-5-15(11-16)22(31)26-17-7-4-8-18(12-17)34-21-10-9-20-27-19(28-23(32)33)13-30(20)29-21/h3-13,28H,1-2H3,(H,26,31)(H,32,33). The number of fused-ring (bicyclic) bond motifs is 1. The predicted octanol–water partition coefficient (Wildman–Crippen LogP) is 4.66. The highest BCUT2D eigenvalue weighted by molar-refractivity contribution is 6.04. The first-order chi connectivity index (χ1) is 16.2. The molecule has 3 N–H and O–H groups in total. The van der Waals surface area contributed by atoms with E-state index in [1.165, 1.54) is 10.7 Å². The minimum Gasteiger partial charge on any atom is -0.465 e. The number of hydrogen-bond donors (Lipinski definition) is 3. The van der Waals surface area contributed by atoms with Gasteiger partial charge in [-0.05, 0) is 49.7 Å². The highest BCUT2D eigenvalue weighted by Crippen LogP contribution is 2.25. The third kappa shape index (κ3) is 4.94. The van der Waals surface area contributed by atoms with Crippen LogP contribution in [0.15, 0.2) is 66.9 Å². The molecule has 0 spiro atoms. The van der Waals surface area contributed by atoms with Gasteiger partial charge in [-0.3, -0.25) is 10.1 Å². The molecule has 0 saturated heterocycles. The molecular weight excluding hydrogens is 436 g/mol. The molecule has 2 aromatic carbocycles. The topological polar surface area (TPSA) is 142 Å². The monoisotopic (exact) mass is 456 g/mol. The van der Waals surface area contributed by atoms with Gasteiger partial charge >= 0.3 is 6.09 Å². The van der Waals surface area contributed by atoms with Gasteiger partial charge in [-0.2, -0.15) is 5.26 Å². The van der Waals surface area contributed by atoms with E-state index in [0.717, 1.165) is 5.56 Å². The van der Waals surface area contributed by atoms with Crippen LogP contribution in [0.25, 0.3) is 5.65 Å². The van der Waals surface area contributed by atoms with Gasteiger partial charge in [0.25, 0.3) is 5.91 Å². The molecule has 0 fully saturated rings. The van der Waals surface area contributed by atoms with Crippen molar-refractivity contribution in [3.63, 3.8) is 0 Å². The van der Waals surface area contributed by atoms with Crippen LogP contribution in [0.5, 0.6) is 11.6 Å². The van der Waals surface area contributed by atoms with E-state index in [-0.39, 0.29) is 17.6 Å². The lowest BCUT2D eigenvalue weighted by atomic mass is 9.85. The summed E-state index contributed by atoms with van der Waals surface area (Å²) in [6.45, 7) is 3.59. The number of nitrogens with one attached hydrogen (secondary N) is 2. The Morgan fingerprint density at radius 1 is 1.09 bits per heavy atom. The summed E-state index contributed by atoms with van der Waals surface area (Å²) < 4.78 is 7.19.